The molecule has 0 bridgehead atoms. The summed E-state index contributed by atoms with van der Waals surface area (Å²) in [7, 11) is 0. The number of fused-ring (bicyclic) bond motifs is 9. The largest absolute Gasteiger partial charge is 0.308 e. The van der Waals surface area contributed by atoms with E-state index in [0.717, 1.165) is 6.42 Å². The highest BCUT2D eigenvalue weighted by Gasteiger charge is 2.43. The zero-order chi connectivity index (χ0) is 31.2. The molecule has 0 spiro atoms. The number of allylic oxidation sites excluding steroid dienone is 4. The van der Waals surface area contributed by atoms with Gasteiger partial charge in [-0.1, -0.05) is 134 Å². The SMILES string of the molecule is CCC1c2c(-c3ccccc3C)cccc2C2C(c3ccc4c5cc(-c6ccccc6)ccc5n5c6ccccc6c3c45)=CC=CC12. The molecule has 224 valence electrons. The first-order chi connectivity index (χ1) is 23.2. The van der Waals surface area contributed by atoms with E-state index in [1.165, 1.54) is 82.6 Å². The molecule has 10 rings (SSSR count). The van der Waals surface area contributed by atoms with E-state index in [9.17, 15) is 0 Å². The van der Waals surface area contributed by atoms with E-state index < -0.39 is 0 Å². The number of nitrogens with zero attached hydrogens (tertiary/aromatic N) is 1. The maximum atomic E-state index is 2.53. The summed E-state index contributed by atoms with van der Waals surface area (Å²) in [6, 6.07) is 47.6. The Balaban J connectivity index is 1.23. The molecule has 0 amide bonds. The summed E-state index contributed by atoms with van der Waals surface area (Å²) < 4.78 is 2.53. The van der Waals surface area contributed by atoms with Gasteiger partial charge in [-0.3, -0.25) is 0 Å². The van der Waals surface area contributed by atoms with Crippen molar-refractivity contribution in [3.8, 4) is 22.3 Å². The van der Waals surface area contributed by atoms with Crippen LogP contribution in [0.15, 0.2) is 146 Å². The number of aryl methyl sites for hydroxylation is 1. The molecule has 0 fully saturated rings. The number of para-hydroxylation sites is 1. The van der Waals surface area contributed by atoms with Crippen LogP contribution in [0.1, 0.15) is 47.4 Å². The van der Waals surface area contributed by atoms with Crippen LogP contribution in [-0.2, 0) is 0 Å². The Morgan fingerprint density at radius 2 is 1.40 bits per heavy atom. The number of hydrogen-bond donors (Lipinski definition) is 0. The lowest BCUT2D eigenvalue weighted by atomic mass is 9.75. The Morgan fingerprint density at radius 1 is 0.617 bits per heavy atom. The van der Waals surface area contributed by atoms with Crippen LogP contribution >= 0.6 is 0 Å². The summed E-state index contributed by atoms with van der Waals surface area (Å²) in [4.78, 5) is 0. The fraction of sp³-hybridized carbons (Fsp3) is 0.130. The molecule has 0 aliphatic heterocycles. The van der Waals surface area contributed by atoms with Crippen molar-refractivity contribution in [1.29, 1.82) is 0 Å². The van der Waals surface area contributed by atoms with Gasteiger partial charge in [0.2, 0.25) is 0 Å². The van der Waals surface area contributed by atoms with Crippen molar-refractivity contribution in [2.24, 2.45) is 5.92 Å². The molecule has 1 heteroatoms. The third-order valence-corrected chi connectivity index (χ3v) is 11.3. The molecule has 2 aliphatic carbocycles. The molecule has 47 heavy (non-hydrogen) atoms. The molecule has 2 heterocycles. The highest BCUT2D eigenvalue weighted by atomic mass is 14.9. The predicted octanol–water partition coefficient (Wildman–Crippen LogP) is 12.3. The third-order valence-electron chi connectivity index (χ3n) is 11.3. The van der Waals surface area contributed by atoms with Gasteiger partial charge in [-0.05, 0) is 93.5 Å². The van der Waals surface area contributed by atoms with Crippen molar-refractivity contribution >= 4 is 43.7 Å². The Morgan fingerprint density at radius 3 is 2.28 bits per heavy atom. The van der Waals surface area contributed by atoms with Crippen LogP contribution in [0, 0.1) is 12.8 Å². The van der Waals surface area contributed by atoms with Gasteiger partial charge in [-0.15, -0.1) is 0 Å². The van der Waals surface area contributed by atoms with E-state index >= 15 is 0 Å². The Labute approximate surface area is 275 Å². The first-order valence-electron chi connectivity index (χ1n) is 17.1. The van der Waals surface area contributed by atoms with E-state index in [-0.39, 0.29) is 0 Å². The molecule has 0 saturated heterocycles. The molecular weight excluding hydrogens is 567 g/mol. The Bertz CT molecular complexity index is 2580. The first-order valence-corrected chi connectivity index (χ1v) is 17.1. The molecule has 3 unspecified atom stereocenters. The minimum atomic E-state index is 0.327. The molecule has 6 aromatic carbocycles. The van der Waals surface area contributed by atoms with Gasteiger partial charge in [0.05, 0.1) is 16.6 Å². The van der Waals surface area contributed by atoms with E-state index in [1.54, 1.807) is 5.56 Å². The van der Waals surface area contributed by atoms with E-state index in [4.69, 9.17) is 0 Å². The maximum absolute atomic E-state index is 2.53. The van der Waals surface area contributed by atoms with Gasteiger partial charge in [0.25, 0.3) is 0 Å². The first kappa shape index (κ1) is 26.8. The van der Waals surface area contributed by atoms with Gasteiger partial charge < -0.3 is 4.40 Å². The molecule has 1 nitrogen and oxygen atoms in total. The van der Waals surface area contributed by atoms with Gasteiger partial charge in [-0.2, -0.15) is 0 Å². The van der Waals surface area contributed by atoms with Crippen molar-refractivity contribution in [3.05, 3.63) is 168 Å². The lowest BCUT2D eigenvalue weighted by Gasteiger charge is -2.28. The average molecular weight is 602 g/mol. The zero-order valence-corrected chi connectivity index (χ0v) is 26.7. The Hall–Kier alpha value is -5.40. The second kappa shape index (κ2) is 10.0. The van der Waals surface area contributed by atoms with Crippen LogP contribution in [-0.4, -0.2) is 4.40 Å². The molecule has 8 aromatic rings. The normalized spacial score (nSPS) is 18.8. The summed E-state index contributed by atoms with van der Waals surface area (Å²) in [5.41, 5.74) is 16.4. The highest BCUT2D eigenvalue weighted by molar-refractivity contribution is 6.26. The average Bonchev–Trinajstić information content (AvgIpc) is 3.77. The number of rotatable bonds is 4. The summed E-state index contributed by atoms with van der Waals surface area (Å²) in [5.74, 6) is 1.25. The molecule has 3 atom stereocenters. The summed E-state index contributed by atoms with van der Waals surface area (Å²) in [5, 5.41) is 5.37. The molecule has 2 aromatic heterocycles. The minimum Gasteiger partial charge on any atom is -0.308 e. The smallest absolute Gasteiger partial charge is 0.0626 e. The topological polar surface area (TPSA) is 4.41 Å². The third kappa shape index (κ3) is 3.66. The summed E-state index contributed by atoms with van der Waals surface area (Å²) in [6.07, 6.45) is 8.39. The van der Waals surface area contributed by atoms with Gasteiger partial charge in [0.1, 0.15) is 0 Å². The summed E-state index contributed by atoms with van der Waals surface area (Å²) >= 11 is 0. The standard InChI is InChI=1S/C46H35N/c1-3-31-33-18-11-20-35(44(33)39-21-12-19-34(43(31)39)32-16-8-7-13-28(32)2)36-24-25-37-40-27-30(29-14-5-4-6-15-29)23-26-42(40)47-41-22-10-9-17-38(41)45(36)46(37)47/h4-27,31,33,44H,3H2,1-2H3. The van der Waals surface area contributed by atoms with Crippen LogP contribution < -0.4 is 0 Å². The van der Waals surface area contributed by atoms with Gasteiger partial charge in [0.15, 0.2) is 0 Å². The maximum Gasteiger partial charge on any atom is 0.0626 e. The van der Waals surface area contributed by atoms with Crippen LogP contribution in [0.5, 0.6) is 0 Å². The van der Waals surface area contributed by atoms with Crippen molar-refractivity contribution in [1.82, 2.24) is 4.40 Å². The van der Waals surface area contributed by atoms with Gasteiger partial charge in [-0.25, -0.2) is 0 Å². The second-order valence-corrected chi connectivity index (χ2v) is 13.5. The van der Waals surface area contributed by atoms with Crippen LogP contribution in [0.2, 0.25) is 0 Å². The predicted molar refractivity (Wildman–Crippen MR) is 200 cm³/mol. The molecular formula is C46H35N. The van der Waals surface area contributed by atoms with Gasteiger partial charge in [0, 0.05) is 27.5 Å². The van der Waals surface area contributed by atoms with Crippen molar-refractivity contribution in [3.63, 3.8) is 0 Å². The zero-order valence-electron chi connectivity index (χ0n) is 26.7. The van der Waals surface area contributed by atoms with E-state index in [1.807, 2.05) is 0 Å². The van der Waals surface area contributed by atoms with E-state index in [2.05, 4.69) is 164 Å². The lowest BCUT2D eigenvalue weighted by Crippen LogP contribution is -2.14. The highest BCUT2D eigenvalue weighted by Crippen LogP contribution is 2.59. The number of benzene rings is 6. The van der Waals surface area contributed by atoms with Crippen LogP contribution in [0.3, 0.4) is 0 Å². The molecule has 0 N–H and O–H groups in total. The van der Waals surface area contributed by atoms with Gasteiger partial charge >= 0.3 is 0 Å². The van der Waals surface area contributed by atoms with E-state index in [0.29, 0.717) is 17.8 Å². The van der Waals surface area contributed by atoms with Crippen molar-refractivity contribution in [2.75, 3.05) is 0 Å². The second-order valence-electron chi connectivity index (χ2n) is 13.5. The van der Waals surface area contributed by atoms with Crippen molar-refractivity contribution in [2.45, 2.75) is 32.1 Å². The van der Waals surface area contributed by atoms with Crippen molar-refractivity contribution < 1.29 is 0 Å². The van der Waals surface area contributed by atoms with Crippen LogP contribution in [0.25, 0.3) is 65.9 Å². The molecule has 0 saturated carbocycles. The van der Waals surface area contributed by atoms with Crippen LogP contribution in [0.4, 0.5) is 0 Å². The monoisotopic (exact) mass is 601 g/mol. The fourth-order valence-corrected chi connectivity index (χ4v) is 9.32. The quantitative estimate of drug-likeness (QED) is 0.189. The minimum absolute atomic E-state index is 0.327. The summed E-state index contributed by atoms with van der Waals surface area (Å²) in [6.45, 7) is 4.63. The number of hydrogen-bond acceptors (Lipinski definition) is 0. The fourth-order valence-electron chi connectivity index (χ4n) is 9.32. The molecule has 2 aliphatic rings. The molecule has 0 radical (unpaired) electrons. The Kier molecular flexibility index (Phi) is 5.73. The number of aromatic nitrogens is 1. The lowest BCUT2D eigenvalue weighted by molar-refractivity contribution is 0.506.